The number of carbonyl (C=O) groups is 1. The summed E-state index contributed by atoms with van der Waals surface area (Å²) >= 11 is 0. The molecule has 1 aromatic carbocycles. The van der Waals surface area contributed by atoms with Gasteiger partial charge in [-0.25, -0.2) is 0 Å². The number of aliphatic hydroxyl groups is 3. The van der Waals surface area contributed by atoms with E-state index < -0.39 is 29.7 Å². The molecule has 0 radical (unpaired) electrons. The summed E-state index contributed by atoms with van der Waals surface area (Å²) in [7, 11) is 0. The average Bonchev–Trinajstić information content (AvgIpc) is 3.07. The van der Waals surface area contributed by atoms with Crippen molar-refractivity contribution in [3.8, 4) is 23.3 Å². The number of aliphatic imine (C=N–C) groups is 1. The number of aromatic hydroxyl groups is 1. The van der Waals surface area contributed by atoms with Gasteiger partial charge in [0.05, 0.1) is 30.8 Å². The summed E-state index contributed by atoms with van der Waals surface area (Å²) in [6.45, 7) is 3.81. The lowest BCUT2D eigenvalue weighted by molar-refractivity contribution is -0.152. The first-order valence-corrected chi connectivity index (χ1v) is 18.5. The molecule has 5 rings (SSSR count). The average molecular weight is 683 g/mol. The van der Waals surface area contributed by atoms with Crippen LogP contribution in [0.1, 0.15) is 108 Å². The Labute approximate surface area is 291 Å². The molecule has 11 nitrogen and oxygen atoms in total. The van der Waals surface area contributed by atoms with Crippen LogP contribution in [0.2, 0.25) is 0 Å². The Bertz CT molecular complexity index is 1350. The lowest BCUT2D eigenvalue weighted by atomic mass is 9.73. The Morgan fingerprint density at radius 2 is 1.96 bits per heavy atom. The number of hydrogen-bond donors (Lipinski definition) is 7. The molecule has 1 saturated carbocycles. The van der Waals surface area contributed by atoms with Crippen LogP contribution in [0, 0.1) is 29.1 Å². The van der Waals surface area contributed by atoms with E-state index in [4.69, 9.17) is 20.2 Å². The Morgan fingerprint density at radius 3 is 2.69 bits per heavy atom. The lowest BCUT2D eigenvalue weighted by Crippen LogP contribution is -2.43. The van der Waals surface area contributed by atoms with Gasteiger partial charge in [-0.05, 0) is 94.5 Å². The molecule has 0 unspecified atom stereocenters. The number of nitrogens with one attached hydrogen (secondary N) is 2. The summed E-state index contributed by atoms with van der Waals surface area (Å²) < 4.78 is 12.3. The van der Waals surface area contributed by atoms with Gasteiger partial charge >= 0.3 is 5.97 Å². The van der Waals surface area contributed by atoms with Gasteiger partial charge in [0, 0.05) is 37.3 Å². The quantitative estimate of drug-likeness (QED) is 0.102. The number of esters is 1. The lowest BCUT2D eigenvalue weighted by Gasteiger charge is -2.36. The molecule has 8 N–H and O–H groups in total. The van der Waals surface area contributed by atoms with Crippen molar-refractivity contribution < 1.29 is 34.7 Å². The van der Waals surface area contributed by atoms with Crippen molar-refractivity contribution in [1.82, 2.24) is 10.6 Å². The first kappa shape index (κ1) is 37.2. The number of carbonyl (C=O) groups excluding carboxylic acids is 1. The third kappa shape index (κ3) is 10.0. The number of guanidine groups is 1. The number of phenols is 1. The van der Waals surface area contributed by atoms with Crippen LogP contribution in [0.25, 0.3) is 0 Å². The highest BCUT2D eigenvalue weighted by atomic mass is 16.5. The van der Waals surface area contributed by atoms with Crippen molar-refractivity contribution in [2.45, 2.75) is 147 Å². The van der Waals surface area contributed by atoms with Crippen molar-refractivity contribution in [3.05, 3.63) is 23.3 Å². The van der Waals surface area contributed by atoms with E-state index in [1.807, 2.05) is 0 Å². The van der Waals surface area contributed by atoms with Crippen molar-refractivity contribution >= 4 is 11.9 Å². The van der Waals surface area contributed by atoms with Gasteiger partial charge in [-0.1, -0.05) is 37.5 Å². The second-order valence-corrected chi connectivity index (χ2v) is 14.9. The number of hydrogen-bond acceptors (Lipinski definition) is 9. The van der Waals surface area contributed by atoms with Crippen LogP contribution in [0.15, 0.2) is 17.1 Å². The predicted molar refractivity (Wildman–Crippen MR) is 188 cm³/mol. The molecular weight excluding hydrogens is 624 g/mol. The summed E-state index contributed by atoms with van der Waals surface area (Å²) in [6.07, 6.45) is 8.68. The zero-order valence-electron chi connectivity index (χ0n) is 29.3. The molecule has 4 aliphatic rings. The third-order valence-corrected chi connectivity index (χ3v) is 11.2. The molecule has 0 spiro atoms. The van der Waals surface area contributed by atoms with E-state index >= 15 is 0 Å². The van der Waals surface area contributed by atoms with E-state index in [1.165, 1.54) is 26.2 Å². The fourth-order valence-electron chi connectivity index (χ4n) is 8.25. The van der Waals surface area contributed by atoms with Gasteiger partial charge in [0.25, 0.3) is 0 Å². The Kier molecular flexibility index (Phi) is 13.1. The molecular formula is C38H58N4O7. The summed E-state index contributed by atoms with van der Waals surface area (Å²) in [6, 6.07) is 3.89. The number of nitrogens with zero attached hydrogens (tertiary/aromatic N) is 1. The number of ether oxygens (including phenoxy) is 2. The fraction of sp³-hybridized carbons (Fsp3) is 0.737. The molecule has 0 amide bonds. The highest BCUT2D eigenvalue weighted by Crippen LogP contribution is 2.39. The summed E-state index contributed by atoms with van der Waals surface area (Å²) in [5.74, 6) is 6.71. The van der Waals surface area contributed by atoms with Gasteiger partial charge in [-0.15, -0.1) is 0 Å². The van der Waals surface area contributed by atoms with Crippen LogP contribution in [0.4, 0.5) is 0 Å². The summed E-state index contributed by atoms with van der Waals surface area (Å²) in [5, 5.41) is 51.0. The van der Waals surface area contributed by atoms with Crippen molar-refractivity contribution in [1.29, 1.82) is 0 Å². The fourth-order valence-corrected chi connectivity index (χ4v) is 8.25. The zero-order valence-corrected chi connectivity index (χ0v) is 29.3. The SMILES string of the molecule is CC(=O)O[C@H]1C[C@@H](O)CC[C@@](CN=C(N)NC2CCCCC2)([C@H](C)O)C#C[C@H]2CCC[C@H]3C[C@@H](CCN3)Oc3cc(c(CO)cc3O)C[C@H]12. The second-order valence-electron chi connectivity index (χ2n) is 14.9. The number of fused-ring (bicyclic) bond motifs is 5. The van der Waals surface area contributed by atoms with Crippen molar-refractivity contribution in [2.24, 2.45) is 28.0 Å². The largest absolute Gasteiger partial charge is 0.504 e. The van der Waals surface area contributed by atoms with E-state index in [2.05, 4.69) is 22.5 Å². The van der Waals surface area contributed by atoms with Gasteiger partial charge in [0.15, 0.2) is 17.5 Å². The molecule has 49 heavy (non-hydrogen) atoms. The monoisotopic (exact) mass is 682 g/mol. The maximum atomic E-state index is 12.5. The molecule has 11 heteroatoms. The molecule has 2 fully saturated rings. The Balaban J connectivity index is 1.56. The number of phenolic OH excluding ortho intramolecular Hbond substituents is 1. The molecule has 2 aliphatic heterocycles. The van der Waals surface area contributed by atoms with Gasteiger partial charge in [-0.2, -0.15) is 0 Å². The molecule has 1 saturated heterocycles. The van der Waals surface area contributed by atoms with Crippen LogP contribution < -0.4 is 21.1 Å². The van der Waals surface area contributed by atoms with Crippen LogP contribution >= 0.6 is 0 Å². The standard InChI is InChI=1S/C38H58N4O7/c1-24(44)38(23-41-37(39)42-29-8-4-3-5-9-29)14-11-26-7-6-10-30-20-32(13-16-40-30)49-36-19-27(28(22-43)18-34(36)47)17-33(26)35(48-25(2)45)21-31(46)12-15-38/h18-19,24,26,29-33,35,40,43-44,46-47H,3-10,12-13,15-17,20-23H2,1-2H3,(H3,39,41,42)/t24-,26+,30-,31-,32+,33-,35-,38-/m0/s1. The normalized spacial score (nSPS) is 32.3. The van der Waals surface area contributed by atoms with Crippen LogP contribution in [-0.2, 0) is 22.6 Å². The maximum Gasteiger partial charge on any atom is 0.302 e. The second kappa shape index (κ2) is 17.3. The Hall–Kier alpha value is -3.04. The third-order valence-electron chi connectivity index (χ3n) is 11.2. The van der Waals surface area contributed by atoms with Gasteiger partial charge in [0.1, 0.15) is 12.2 Å². The Morgan fingerprint density at radius 1 is 1.16 bits per heavy atom. The number of nitrogens with two attached hydrogens (primary N) is 1. The van der Waals surface area contributed by atoms with E-state index in [-0.39, 0.29) is 49.3 Å². The van der Waals surface area contributed by atoms with Crippen LogP contribution in [0.5, 0.6) is 11.5 Å². The molecule has 1 aromatic rings. The van der Waals surface area contributed by atoms with Gasteiger partial charge in [-0.3, -0.25) is 9.79 Å². The molecule has 2 heterocycles. The van der Waals surface area contributed by atoms with E-state index in [0.717, 1.165) is 50.6 Å². The van der Waals surface area contributed by atoms with Crippen molar-refractivity contribution in [3.63, 3.8) is 0 Å². The molecule has 8 atom stereocenters. The smallest absolute Gasteiger partial charge is 0.302 e. The van der Waals surface area contributed by atoms with E-state index in [0.29, 0.717) is 49.0 Å². The first-order valence-electron chi connectivity index (χ1n) is 18.5. The molecule has 0 aromatic heterocycles. The van der Waals surface area contributed by atoms with Crippen LogP contribution in [0.3, 0.4) is 0 Å². The first-order chi connectivity index (χ1) is 23.5. The number of rotatable bonds is 6. The molecule has 4 bridgehead atoms. The minimum absolute atomic E-state index is 0.0217. The maximum absolute atomic E-state index is 12.5. The number of piperidine rings is 1. The van der Waals surface area contributed by atoms with Crippen LogP contribution in [-0.4, -0.2) is 81.9 Å². The molecule has 2 aliphatic carbocycles. The molecule has 272 valence electrons. The van der Waals surface area contributed by atoms with Gasteiger partial charge < -0.3 is 46.3 Å². The topological polar surface area (TPSA) is 179 Å². The summed E-state index contributed by atoms with van der Waals surface area (Å²) in [5.41, 5.74) is 6.76. The van der Waals surface area contributed by atoms with E-state index in [9.17, 15) is 25.2 Å². The number of benzene rings is 1. The minimum atomic E-state index is -0.951. The predicted octanol–water partition coefficient (Wildman–Crippen LogP) is 3.43. The van der Waals surface area contributed by atoms with Crippen molar-refractivity contribution in [2.75, 3.05) is 13.1 Å². The zero-order chi connectivity index (χ0) is 35.0. The van der Waals surface area contributed by atoms with E-state index in [1.54, 1.807) is 19.1 Å². The van der Waals surface area contributed by atoms with Gasteiger partial charge in [0.2, 0.25) is 0 Å². The summed E-state index contributed by atoms with van der Waals surface area (Å²) in [4.78, 5) is 17.2. The minimum Gasteiger partial charge on any atom is -0.504 e. The highest BCUT2D eigenvalue weighted by Gasteiger charge is 2.39. The number of aliphatic hydroxyl groups excluding tert-OH is 3. The highest BCUT2D eigenvalue weighted by molar-refractivity contribution is 5.78.